The maximum Gasteiger partial charge on any atom is 0.333 e. The topological polar surface area (TPSA) is 172 Å². The fourth-order valence-electron chi connectivity index (χ4n) is 3.90. The second-order valence-corrected chi connectivity index (χ2v) is 10.0. The van der Waals surface area contributed by atoms with Crippen LogP contribution in [0.15, 0.2) is 24.3 Å². The van der Waals surface area contributed by atoms with Gasteiger partial charge in [-0.3, -0.25) is 14.2 Å². The van der Waals surface area contributed by atoms with Crippen LogP contribution in [0.3, 0.4) is 0 Å². The lowest BCUT2D eigenvalue weighted by atomic mass is 10.1. The molecule has 1 aliphatic heterocycles. The van der Waals surface area contributed by atoms with E-state index in [4.69, 9.17) is 27.4 Å². The van der Waals surface area contributed by atoms with Gasteiger partial charge in [0, 0.05) is 32.8 Å². The highest BCUT2D eigenvalue weighted by Gasteiger charge is 2.32. The lowest BCUT2D eigenvalue weighted by Crippen LogP contribution is -2.31. The minimum Gasteiger partial charge on any atom is -0.461 e. The third-order valence-electron chi connectivity index (χ3n) is 6.21. The number of hydrogen-bond donors (Lipinski definition) is 2. The Balaban J connectivity index is 0.000000364. The molecule has 0 aliphatic carbocycles. The molecule has 3 aromatic rings. The summed E-state index contributed by atoms with van der Waals surface area (Å²) in [7, 11) is 1.59. The van der Waals surface area contributed by atoms with E-state index in [2.05, 4.69) is 19.8 Å². The Bertz CT molecular complexity index is 1450. The number of anilines is 1. The van der Waals surface area contributed by atoms with Crippen molar-refractivity contribution in [3.05, 3.63) is 40.2 Å². The van der Waals surface area contributed by atoms with Gasteiger partial charge < -0.3 is 29.8 Å². The highest BCUT2D eigenvalue weighted by atomic mass is 32.1. The van der Waals surface area contributed by atoms with Gasteiger partial charge in [-0.1, -0.05) is 45.0 Å². The first-order chi connectivity index (χ1) is 20.1. The number of imide groups is 1. The number of benzene rings is 1. The van der Waals surface area contributed by atoms with Gasteiger partial charge in [-0.2, -0.15) is 9.97 Å². The fourth-order valence-corrected chi connectivity index (χ4v) is 4.15. The summed E-state index contributed by atoms with van der Waals surface area (Å²) in [4.78, 5) is 60.6. The van der Waals surface area contributed by atoms with Gasteiger partial charge in [0.2, 0.25) is 0 Å². The summed E-state index contributed by atoms with van der Waals surface area (Å²) in [5.74, 6) is -0.910. The summed E-state index contributed by atoms with van der Waals surface area (Å²) in [6.07, 6.45) is 3.39. The number of carbonyl (C=O) groups is 4. The molecule has 0 radical (unpaired) electrons. The zero-order valence-electron chi connectivity index (χ0n) is 24.0. The van der Waals surface area contributed by atoms with Gasteiger partial charge in [0.1, 0.15) is 17.9 Å². The molecule has 4 rings (SSSR count). The monoisotopic (exact) mass is 616 g/mol. The summed E-state index contributed by atoms with van der Waals surface area (Å²) >= 11 is 5.44. The molecule has 2 aromatic heterocycles. The average Bonchev–Trinajstić information content (AvgIpc) is 3.45. The lowest BCUT2D eigenvalue weighted by Gasteiger charge is -2.11. The molecule has 1 fully saturated rings. The smallest absolute Gasteiger partial charge is 0.333 e. The van der Waals surface area contributed by atoms with E-state index in [1.807, 2.05) is 35.8 Å². The number of nitrogens with zero attached hydrogens (tertiary/aromatic N) is 4. The van der Waals surface area contributed by atoms with E-state index in [0.717, 1.165) is 24.0 Å². The first kappa shape index (κ1) is 35.0. The van der Waals surface area contributed by atoms with Gasteiger partial charge in [0.15, 0.2) is 16.2 Å². The first-order valence-corrected chi connectivity index (χ1v) is 14.0. The van der Waals surface area contributed by atoms with Gasteiger partial charge in [-0.05, 0) is 43.1 Å². The third-order valence-corrected chi connectivity index (χ3v) is 6.53. The van der Waals surface area contributed by atoms with Crippen LogP contribution in [0.2, 0.25) is 0 Å². The molecule has 0 unspecified atom stereocenters. The molecule has 3 N–H and O–H groups in total. The van der Waals surface area contributed by atoms with E-state index in [9.17, 15) is 19.2 Å². The van der Waals surface area contributed by atoms with Crippen LogP contribution < -0.4 is 10.5 Å². The molecule has 234 valence electrons. The SMILES string of the molecule is C.CCCCC(=O)ON1C(=O)CCC1=O.COCCOc1nc(N)c2[nH]c(=S)n(Cc3ccc(CCC(C)=O)cc3)c2n1. The first-order valence-electron chi connectivity index (χ1n) is 13.6. The number of hydroxylamine groups is 2. The van der Waals surface area contributed by atoms with Gasteiger partial charge in [-0.15, -0.1) is 5.06 Å². The molecule has 0 bridgehead atoms. The van der Waals surface area contributed by atoms with Crippen molar-refractivity contribution in [3.63, 3.8) is 0 Å². The highest BCUT2D eigenvalue weighted by Crippen LogP contribution is 2.21. The number of amides is 2. The Labute approximate surface area is 255 Å². The number of nitrogens with one attached hydrogen (secondary N) is 1. The summed E-state index contributed by atoms with van der Waals surface area (Å²) in [5, 5.41) is 0.581. The van der Waals surface area contributed by atoms with Gasteiger partial charge in [0.05, 0.1) is 13.2 Å². The predicted molar refractivity (Wildman–Crippen MR) is 162 cm³/mol. The van der Waals surface area contributed by atoms with Crippen LogP contribution in [-0.2, 0) is 41.7 Å². The standard InChI is InChI=1S/C19H23N5O3S.C9H13NO4.CH4/c1-12(25)3-4-13-5-7-14(8-6-13)11-24-17-15(21-19(24)28)16(20)22-18(23-17)27-10-9-26-2;1-2-3-4-9(13)14-10-7(11)5-6-8(10)12;/h5-8H,3-4,9-11H2,1-2H3,(H,21,28)(H2,20,22,23);2-6H2,1H3;1H4. The number of aromatic amines is 1. The molecule has 1 aliphatic rings. The second kappa shape index (κ2) is 17.1. The van der Waals surface area contributed by atoms with Crippen molar-refractivity contribution < 1.29 is 33.5 Å². The molecule has 3 heterocycles. The highest BCUT2D eigenvalue weighted by molar-refractivity contribution is 7.71. The Hall–Kier alpha value is -4.17. The van der Waals surface area contributed by atoms with Crippen LogP contribution in [-0.4, -0.2) is 68.5 Å². The van der Waals surface area contributed by atoms with Gasteiger partial charge >= 0.3 is 12.0 Å². The Morgan fingerprint density at radius 2 is 1.70 bits per heavy atom. The Morgan fingerprint density at radius 3 is 2.30 bits per heavy atom. The number of imidazole rings is 1. The van der Waals surface area contributed by atoms with Crippen molar-refractivity contribution in [1.29, 1.82) is 0 Å². The molecule has 0 atom stereocenters. The fraction of sp³-hybridized carbons (Fsp3) is 0.483. The molecule has 0 saturated carbocycles. The number of carbonyl (C=O) groups excluding carboxylic acids is 4. The Kier molecular flexibility index (Phi) is 13.9. The van der Waals surface area contributed by atoms with Crippen LogP contribution >= 0.6 is 12.2 Å². The Morgan fingerprint density at radius 1 is 1.05 bits per heavy atom. The van der Waals surface area contributed by atoms with Crippen molar-refractivity contribution in [2.24, 2.45) is 0 Å². The molecule has 0 spiro atoms. The number of unbranched alkanes of at least 4 members (excludes halogenated alkanes) is 1. The summed E-state index contributed by atoms with van der Waals surface area (Å²) < 4.78 is 12.8. The van der Waals surface area contributed by atoms with Crippen molar-refractivity contribution in [2.45, 2.75) is 72.8 Å². The molecule has 1 aromatic carbocycles. The van der Waals surface area contributed by atoms with Crippen LogP contribution in [0.1, 0.15) is 70.9 Å². The number of ketones is 1. The number of H-pyrrole nitrogens is 1. The van der Waals surface area contributed by atoms with Gasteiger partial charge in [0.25, 0.3) is 11.8 Å². The number of fused-ring (bicyclic) bond motifs is 1. The van der Waals surface area contributed by atoms with E-state index in [0.29, 0.717) is 53.6 Å². The van der Waals surface area contributed by atoms with E-state index >= 15 is 0 Å². The number of nitrogen functional groups attached to an aromatic ring is 1. The molecule has 1 saturated heterocycles. The van der Waals surface area contributed by atoms with Crippen molar-refractivity contribution in [1.82, 2.24) is 24.6 Å². The molecular weight excluding hydrogens is 576 g/mol. The van der Waals surface area contributed by atoms with Crippen molar-refractivity contribution >= 4 is 52.8 Å². The normalized spacial score (nSPS) is 12.5. The quantitative estimate of drug-likeness (QED) is 0.161. The predicted octanol–water partition coefficient (Wildman–Crippen LogP) is 4.09. The summed E-state index contributed by atoms with van der Waals surface area (Å²) in [5.41, 5.74) is 9.39. The number of ether oxygens (including phenoxy) is 2. The lowest BCUT2D eigenvalue weighted by molar-refractivity contribution is -0.197. The second-order valence-electron chi connectivity index (χ2n) is 9.61. The summed E-state index contributed by atoms with van der Waals surface area (Å²) in [6.45, 7) is 4.83. The number of aromatic nitrogens is 4. The van der Waals surface area contributed by atoms with E-state index in [-0.39, 0.29) is 44.3 Å². The minimum absolute atomic E-state index is 0. The van der Waals surface area contributed by atoms with Crippen LogP contribution in [0.5, 0.6) is 6.01 Å². The number of aryl methyl sites for hydroxylation is 1. The number of methoxy groups -OCH3 is 1. The van der Waals surface area contributed by atoms with Crippen LogP contribution in [0.4, 0.5) is 5.82 Å². The minimum atomic E-state index is -0.518. The molecule has 2 amide bonds. The number of rotatable bonds is 13. The zero-order valence-corrected chi connectivity index (χ0v) is 24.8. The van der Waals surface area contributed by atoms with Crippen LogP contribution in [0.25, 0.3) is 11.2 Å². The molecule has 43 heavy (non-hydrogen) atoms. The van der Waals surface area contributed by atoms with E-state index in [1.54, 1.807) is 14.0 Å². The maximum absolute atomic E-state index is 11.1. The molecule has 13 nitrogen and oxygen atoms in total. The van der Waals surface area contributed by atoms with Crippen molar-refractivity contribution in [3.8, 4) is 6.01 Å². The summed E-state index contributed by atoms with van der Waals surface area (Å²) in [6, 6.07) is 8.29. The average molecular weight is 617 g/mol. The molecule has 14 heteroatoms. The van der Waals surface area contributed by atoms with Gasteiger partial charge in [-0.25, -0.2) is 4.79 Å². The number of hydrogen-bond acceptors (Lipinski definition) is 11. The van der Waals surface area contributed by atoms with Crippen molar-refractivity contribution in [2.75, 3.05) is 26.1 Å². The van der Waals surface area contributed by atoms with E-state index < -0.39 is 17.8 Å². The largest absolute Gasteiger partial charge is 0.461 e. The number of nitrogens with two attached hydrogens (primary N) is 1. The number of Topliss-reactive ketones (excluding diaryl/α,β-unsaturated/α-hetero) is 1. The molecular formula is C29H40N6O7S. The van der Waals surface area contributed by atoms with Crippen LogP contribution in [0, 0.1) is 4.77 Å². The van der Waals surface area contributed by atoms with E-state index in [1.165, 1.54) is 0 Å². The zero-order chi connectivity index (χ0) is 30.6. The maximum atomic E-state index is 11.1. The third kappa shape index (κ3) is 10.3.